The molecule has 0 spiro atoms. The van der Waals surface area contributed by atoms with Crippen LogP contribution in [0.3, 0.4) is 0 Å². The first-order chi connectivity index (χ1) is 16.0. The SMILES string of the molecule is CCC(=O)Oc1ccc(C[C@H](N)C(=O)OC[C@H](C)OC(=O)OC(C)C(C)C)cc1OC(=O)CC. The van der Waals surface area contributed by atoms with Gasteiger partial charge in [-0.2, -0.15) is 0 Å². The fraction of sp³-hybridized carbons (Fsp3) is 0.583. The van der Waals surface area contributed by atoms with E-state index < -0.39 is 36.2 Å². The lowest BCUT2D eigenvalue weighted by molar-refractivity contribution is -0.148. The highest BCUT2D eigenvalue weighted by Gasteiger charge is 2.21. The molecule has 0 radical (unpaired) electrons. The molecule has 0 saturated heterocycles. The van der Waals surface area contributed by atoms with Crippen LogP contribution in [0.5, 0.6) is 11.5 Å². The normalized spacial score (nSPS) is 13.4. The molecule has 1 unspecified atom stereocenters. The summed E-state index contributed by atoms with van der Waals surface area (Å²) in [5.74, 6) is -1.41. The molecule has 0 saturated carbocycles. The fourth-order valence-corrected chi connectivity index (χ4v) is 2.39. The van der Waals surface area contributed by atoms with Crippen LogP contribution >= 0.6 is 0 Å². The van der Waals surface area contributed by atoms with Crippen LogP contribution in [-0.2, 0) is 35.0 Å². The van der Waals surface area contributed by atoms with E-state index >= 15 is 0 Å². The van der Waals surface area contributed by atoms with Crippen molar-refractivity contribution in [3.63, 3.8) is 0 Å². The van der Waals surface area contributed by atoms with E-state index in [1.165, 1.54) is 12.1 Å². The minimum Gasteiger partial charge on any atom is -0.461 e. The van der Waals surface area contributed by atoms with Crippen molar-refractivity contribution in [2.45, 2.75) is 79.1 Å². The van der Waals surface area contributed by atoms with E-state index in [2.05, 4.69) is 0 Å². The van der Waals surface area contributed by atoms with E-state index in [-0.39, 0.29) is 49.4 Å². The van der Waals surface area contributed by atoms with Crippen molar-refractivity contribution in [1.29, 1.82) is 0 Å². The van der Waals surface area contributed by atoms with E-state index in [4.69, 9.17) is 29.4 Å². The molecule has 1 rings (SSSR count). The predicted octanol–water partition coefficient (Wildman–Crippen LogP) is 3.32. The summed E-state index contributed by atoms with van der Waals surface area (Å²) in [4.78, 5) is 47.4. The van der Waals surface area contributed by atoms with Crippen molar-refractivity contribution < 1.29 is 42.9 Å². The minimum atomic E-state index is -1.03. The summed E-state index contributed by atoms with van der Waals surface area (Å²) in [5, 5.41) is 0. The van der Waals surface area contributed by atoms with Gasteiger partial charge < -0.3 is 29.4 Å². The molecule has 3 atom stereocenters. The maximum atomic E-state index is 12.3. The fourth-order valence-electron chi connectivity index (χ4n) is 2.39. The van der Waals surface area contributed by atoms with E-state index in [1.54, 1.807) is 33.8 Å². The lowest BCUT2D eigenvalue weighted by atomic mass is 10.1. The molecular weight excluding hydrogens is 446 g/mol. The predicted molar refractivity (Wildman–Crippen MR) is 122 cm³/mol. The highest BCUT2D eigenvalue weighted by Crippen LogP contribution is 2.30. The van der Waals surface area contributed by atoms with Crippen LogP contribution in [0.15, 0.2) is 18.2 Å². The van der Waals surface area contributed by atoms with Gasteiger partial charge in [0.25, 0.3) is 0 Å². The second-order valence-electron chi connectivity index (χ2n) is 8.12. The van der Waals surface area contributed by atoms with Crippen LogP contribution in [0.25, 0.3) is 0 Å². The lowest BCUT2D eigenvalue weighted by Crippen LogP contribution is -2.36. The van der Waals surface area contributed by atoms with Gasteiger partial charge in [0.1, 0.15) is 24.9 Å². The van der Waals surface area contributed by atoms with Crippen LogP contribution < -0.4 is 15.2 Å². The van der Waals surface area contributed by atoms with Crippen molar-refractivity contribution in [3.05, 3.63) is 23.8 Å². The van der Waals surface area contributed by atoms with Crippen molar-refractivity contribution in [3.8, 4) is 11.5 Å². The molecule has 1 aromatic rings. The largest absolute Gasteiger partial charge is 0.508 e. The maximum absolute atomic E-state index is 12.3. The zero-order chi connectivity index (χ0) is 25.8. The molecular formula is C24H35NO9. The second kappa shape index (κ2) is 14.2. The van der Waals surface area contributed by atoms with Crippen molar-refractivity contribution in [2.24, 2.45) is 11.7 Å². The van der Waals surface area contributed by atoms with Crippen LogP contribution in [-0.4, -0.2) is 48.9 Å². The Labute approximate surface area is 200 Å². The summed E-state index contributed by atoms with van der Waals surface area (Å²) in [6.07, 6.45) is -1.53. The zero-order valence-corrected chi connectivity index (χ0v) is 20.6. The Balaban J connectivity index is 2.69. The second-order valence-corrected chi connectivity index (χ2v) is 8.12. The summed E-state index contributed by atoms with van der Waals surface area (Å²) < 4.78 is 25.8. The molecule has 0 aliphatic heterocycles. The highest BCUT2D eigenvalue weighted by atomic mass is 16.7. The first-order valence-corrected chi connectivity index (χ1v) is 11.3. The molecule has 0 aliphatic rings. The van der Waals surface area contributed by atoms with Crippen LogP contribution in [0, 0.1) is 5.92 Å². The van der Waals surface area contributed by atoms with E-state index in [1.807, 2.05) is 13.8 Å². The van der Waals surface area contributed by atoms with Gasteiger partial charge in [0.05, 0.1) is 0 Å². The average molecular weight is 482 g/mol. The number of hydrogen-bond donors (Lipinski definition) is 1. The number of carbonyl (C=O) groups excluding carboxylic acids is 4. The third-order valence-electron chi connectivity index (χ3n) is 4.77. The Morgan fingerprint density at radius 1 is 0.882 bits per heavy atom. The molecule has 0 aromatic heterocycles. The van der Waals surface area contributed by atoms with Gasteiger partial charge in [0.15, 0.2) is 11.5 Å². The third kappa shape index (κ3) is 10.2. The molecule has 0 heterocycles. The Bertz CT molecular complexity index is 853. The molecule has 0 bridgehead atoms. The monoisotopic (exact) mass is 481 g/mol. The number of carbonyl (C=O) groups is 4. The number of nitrogens with two attached hydrogens (primary N) is 1. The zero-order valence-electron chi connectivity index (χ0n) is 20.6. The van der Waals surface area contributed by atoms with Crippen molar-refractivity contribution in [1.82, 2.24) is 0 Å². The molecule has 190 valence electrons. The van der Waals surface area contributed by atoms with Crippen LogP contribution in [0.1, 0.15) is 59.9 Å². The quantitative estimate of drug-likeness (QED) is 0.349. The smallest absolute Gasteiger partial charge is 0.461 e. The van der Waals surface area contributed by atoms with Crippen molar-refractivity contribution >= 4 is 24.1 Å². The van der Waals surface area contributed by atoms with Gasteiger partial charge in [-0.15, -0.1) is 0 Å². The molecule has 0 aliphatic carbocycles. The van der Waals surface area contributed by atoms with Gasteiger partial charge in [-0.25, -0.2) is 4.79 Å². The van der Waals surface area contributed by atoms with E-state index in [0.717, 1.165) is 0 Å². The number of rotatable bonds is 12. The molecule has 10 nitrogen and oxygen atoms in total. The van der Waals surface area contributed by atoms with Gasteiger partial charge in [-0.1, -0.05) is 33.8 Å². The van der Waals surface area contributed by atoms with Gasteiger partial charge >= 0.3 is 24.1 Å². The number of benzene rings is 1. The Morgan fingerprint density at radius 2 is 1.47 bits per heavy atom. The van der Waals surface area contributed by atoms with Gasteiger partial charge in [-0.3, -0.25) is 14.4 Å². The summed E-state index contributed by atoms with van der Waals surface area (Å²) in [6.45, 7) is 10.2. The number of hydrogen-bond acceptors (Lipinski definition) is 10. The molecule has 0 fully saturated rings. The van der Waals surface area contributed by atoms with Crippen LogP contribution in [0.2, 0.25) is 0 Å². The maximum Gasteiger partial charge on any atom is 0.508 e. The summed E-state index contributed by atoms with van der Waals surface area (Å²) in [6, 6.07) is 3.53. The lowest BCUT2D eigenvalue weighted by Gasteiger charge is -2.19. The third-order valence-corrected chi connectivity index (χ3v) is 4.77. The average Bonchev–Trinajstić information content (AvgIpc) is 2.78. The van der Waals surface area contributed by atoms with E-state index in [0.29, 0.717) is 5.56 Å². The van der Waals surface area contributed by atoms with Crippen LogP contribution in [0.4, 0.5) is 4.79 Å². The summed E-state index contributed by atoms with van der Waals surface area (Å²) >= 11 is 0. The summed E-state index contributed by atoms with van der Waals surface area (Å²) in [7, 11) is 0. The standard InChI is InChI=1S/C24H35NO9/c1-7-21(26)33-19-10-9-17(12-20(19)34-22(27)8-2)11-18(25)23(28)30-13-15(5)31-24(29)32-16(6)14(3)4/h9-10,12,14-16,18H,7-8,11,13,25H2,1-6H3/t15-,16?,18-/m0/s1. The molecule has 2 N–H and O–H groups in total. The number of esters is 3. The molecule has 10 heteroatoms. The minimum absolute atomic E-state index is 0.0582. The summed E-state index contributed by atoms with van der Waals surface area (Å²) in [5.41, 5.74) is 6.52. The van der Waals surface area contributed by atoms with E-state index in [9.17, 15) is 19.2 Å². The Hall–Kier alpha value is -3.14. The topological polar surface area (TPSA) is 140 Å². The van der Waals surface area contributed by atoms with Gasteiger partial charge in [0, 0.05) is 12.8 Å². The molecule has 1 aromatic carbocycles. The Kier molecular flexibility index (Phi) is 12.1. The Morgan fingerprint density at radius 3 is 2.03 bits per heavy atom. The van der Waals surface area contributed by atoms with Crippen molar-refractivity contribution in [2.75, 3.05) is 6.61 Å². The highest BCUT2D eigenvalue weighted by molar-refractivity contribution is 5.77. The van der Waals surface area contributed by atoms with Gasteiger partial charge in [0.2, 0.25) is 0 Å². The van der Waals surface area contributed by atoms with Gasteiger partial charge in [-0.05, 0) is 43.9 Å². The first-order valence-electron chi connectivity index (χ1n) is 11.3. The first kappa shape index (κ1) is 28.9. The number of ether oxygens (including phenoxy) is 5. The molecule has 34 heavy (non-hydrogen) atoms. The molecule has 0 amide bonds.